The van der Waals surface area contributed by atoms with Gasteiger partial charge in [0.05, 0.1) is 18.8 Å². The molecule has 4 aromatic rings. The molecule has 5 rings (SSSR count). The lowest BCUT2D eigenvalue weighted by molar-refractivity contribution is 0.154. The first-order chi connectivity index (χ1) is 16.9. The van der Waals surface area contributed by atoms with Crippen LogP contribution in [-0.2, 0) is 19.7 Å². The molecule has 0 unspecified atom stereocenters. The number of aliphatic hydroxyl groups is 1. The van der Waals surface area contributed by atoms with Crippen LogP contribution in [0.3, 0.4) is 0 Å². The summed E-state index contributed by atoms with van der Waals surface area (Å²) in [6.07, 6.45) is 4.43. The first kappa shape index (κ1) is 23.6. The molecule has 0 aliphatic carbocycles. The fourth-order valence-corrected chi connectivity index (χ4v) is 5.44. The van der Waals surface area contributed by atoms with Crippen LogP contribution in [0, 0.1) is 27.7 Å². The molecule has 0 bridgehead atoms. The van der Waals surface area contributed by atoms with Gasteiger partial charge in [-0.1, -0.05) is 34.5 Å². The van der Waals surface area contributed by atoms with E-state index in [9.17, 15) is 5.11 Å². The molecule has 184 valence electrons. The topological polar surface area (TPSA) is 63.7 Å². The van der Waals surface area contributed by atoms with Crippen LogP contribution in [0.5, 0.6) is 5.75 Å². The van der Waals surface area contributed by atoms with Gasteiger partial charge in [-0.05, 0) is 76.4 Å². The third-order valence-electron chi connectivity index (χ3n) is 7.21. The zero-order valence-electron chi connectivity index (χ0n) is 21.2. The first-order valence-corrected chi connectivity index (χ1v) is 12.5. The summed E-state index contributed by atoms with van der Waals surface area (Å²) >= 11 is 0. The monoisotopic (exact) mass is 473 g/mol. The summed E-state index contributed by atoms with van der Waals surface area (Å²) in [5.41, 5.74) is 8.16. The fourth-order valence-electron chi connectivity index (χ4n) is 5.44. The van der Waals surface area contributed by atoms with Gasteiger partial charge in [0, 0.05) is 35.2 Å². The Hall–Kier alpha value is -3.09. The van der Waals surface area contributed by atoms with Crippen LogP contribution < -0.4 is 4.74 Å². The summed E-state index contributed by atoms with van der Waals surface area (Å²) in [6.45, 7) is 11.5. The van der Waals surface area contributed by atoms with Gasteiger partial charge in [-0.25, -0.2) is 0 Å². The molecule has 1 fully saturated rings. The summed E-state index contributed by atoms with van der Waals surface area (Å²) in [7, 11) is 0. The highest BCUT2D eigenvalue weighted by Crippen LogP contribution is 2.31. The fraction of sp³-hybridized carbons (Fsp3) is 0.414. The minimum Gasteiger partial charge on any atom is -0.489 e. The summed E-state index contributed by atoms with van der Waals surface area (Å²) in [5, 5.41) is 15.2. The van der Waals surface area contributed by atoms with Gasteiger partial charge in [0.1, 0.15) is 18.1 Å². The second kappa shape index (κ2) is 9.88. The maximum Gasteiger partial charge on any atom is 0.138 e. The van der Waals surface area contributed by atoms with Crippen LogP contribution in [0.2, 0.25) is 0 Å². The highest BCUT2D eigenvalue weighted by atomic mass is 16.5. The number of ether oxygens (including phenoxy) is 1. The second-order valence-corrected chi connectivity index (χ2v) is 10.00. The quantitative estimate of drug-likeness (QED) is 0.369. The summed E-state index contributed by atoms with van der Waals surface area (Å²) in [6, 6.07) is 13.2. The van der Waals surface area contributed by atoms with Gasteiger partial charge in [0.2, 0.25) is 0 Å². The first-order valence-electron chi connectivity index (χ1n) is 12.5. The van der Waals surface area contributed by atoms with Crippen LogP contribution in [0.15, 0.2) is 47.1 Å². The Morgan fingerprint density at radius 3 is 2.57 bits per heavy atom. The smallest absolute Gasteiger partial charge is 0.138 e. The van der Waals surface area contributed by atoms with E-state index in [1.54, 1.807) is 0 Å². The molecule has 2 aromatic heterocycles. The number of nitrogens with zero attached hydrogens (tertiary/aromatic N) is 3. The molecule has 2 aromatic carbocycles. The predicted octanol–water partition coefficient (Wildman–Crippen LogP) is 5.45. The van der Waals surface area contributed by atoms with E-state index in [1.165, 1.54) is 33.2 Å². The number of hydrogen-bond acceptors (Lipinski definition) is 5. The summed E-state index contributed by atoms with van der Waals surface area (Å²) in [4.78, 5) is 2.40. The molecule has 1 saturated heterocycles. The van der Waals surface area contributed by atoms with Gasteiger partial charge in [0.25, 0.3) is 0 Å². The Kier molecular flexibility index (Phi) is 6.67. The maximum absolute atomic E-state index is 9.84. The third kappa shape index (κ3) is 5.00. The largest absolute Gasteiger partial charge is 0.489 e. The zero-order valence-corrected chi connectivity index (χ0v) is 21.2. The Labute approximate surface area is 207 Å². The van der Waals surface area contributed by atoms with Crippen LogP contribution in [0.4, 0.5) is 0 Å². The molecule has 6 nitrogen and oxygen atoms in total. The van der Waals surface area contributed by atoms with E-state index in [2.05, 4.69) is 71.1 Å². The number of fused-ring (bicyclic) bond motifs is 1. The Bertz CT molecular complexity index is 1300. The van der Waals surface area contributed by atoms with Gasteiger partial charge >= 0.3 is 0 Å². The second-order valence-electron chi connectivity index (χ2n) is 10.00. The molecule has 0 amide bonds. The molecule has 0 saturated carbocycles. The van der Waals surface area contributed by atoms with Crippen LogP contribution >= 0.6 is 0 Å². The van der Waals surface area contributed by atoms with E-state index in [0.717, 1.165) is 48.7 Å². The lowest BCUT2D eigenvalue weighted by Crippen LogP contribution is -2.31. The van der Waals surface area contributed by atoms with Crippen LogP contribution in [0.1, 0.15) is 52.1 Å². The number of hydrogen-bond donors (Lipinski definition) is 1. The van der Waals surface area contributed by atoms with E-state index < -0.39 is 0 Å². The highest BCUT2D eigenvalue weighted by Gasteiger charge is 2.25. The van der Waals surface area contributed by atoms with E-state index in [0.29, 0.717) is 13.2 Å². The van der Waals surface area contributed by atoms with Crippen molar-refractivity contribution in [3.05, 3.63) is 81.9 Å². The molecule has 1 aliphatic heterocycles. The summed E-state index contributed by atoms with van der Waals surface area (Å²) < 4.78 is 13.9. The van der Waals surface area contributed by atoms with Crippen molar-refractivity contribution in [2.45, 2.75) is 66.3 Å². The van der Waals surface area contributed by atoms with Gasteiger partial charge < -0.3 is 18.9 Å². The van der Waals surface area contributed by atoms with E-state index in [4.69, 9.17) is 9.26 Å². The standard InChI is InChI=1S/C29H35N3O3/c1-19-10-20(2)12-23(11-19)18-34-26-7-8-29-27(13-26)24(14-31-9-5-6-25(31)17-33)15-32(29)16-28-21(3)30-35-22(28)4/h7-8,10-13,15,25,33H,5-6,9,14,16-18H2,1-4H3/t25-/m0/s1. The van der Waals surface area contributed by atoms with E-state index in [1.807, 2.05) is 13.8 Å². The van der Waals surface area contributed by atoms with Crippen molar-refractivity contribution in [3.63, 3.8) is 0 Å². The molecule has 6 heteroatoms. The minimum absolute atomic E-state index is 0.210. The number of benzene rings is 2. The van der Waals surface area contributed by atoms with Crippen molar-refractivity contribution in [1.29, 1.82) is 0 Å². The molecule has 1 aliphatic rings. The van der Waals surface area contributed by atoms with Crippen molar-refractivity contribution in [1.82, 2.24) is 14.6 Å². The lowest BCUT2D eigenvalue weighted by Gasteiger charge is -2.22. The molecule has 0 radical (unpaired) electrons. The van der Waals surface area contributed by atoms with Gasteiger partial charge in [0.15, 0.2) is 0 Å². The van der Waals surface area contributed by atoms with Crippen molar-refractivity contribution < 1.29 is 14.4 Å². The zero-order chi connectivity index (χ0) is 24.5. The third-order valence-corrected chi connectivity index (χ3v) is 7.21. The molecule has 1 N–H and O–H groups in total. The normalized spacial score (nSPS) is 16.4. The lowest BCUT2D eigenvalue weighted by atomic mass is 10.1. The van der Waals surface area contributed by atoms with Crippen molar-refractivity contribution in [2.75, 3.05) is 13.2 Å². The molecule has 1 atom stereocenters. The highest BCUT2D eigenvalue weighted by molar-refractivity contribution is 5.85. The number of rotatable bonds is 8. The van der Waals surface area contributed by atoms with Crippen molar-refractivity contribution >= 4 is 10.9 Å². The SMILES string of the molecule is Cc1cc(C)cc(COc2ccc3c(c2)c(CN2CCC[C@H]2CO)cn3Cc2c(C)noc2C)c1. The maximum atomic E-state index is 9.84. The van der Waals surface area contributed by atoms with Crippen LogP contribution in [0.25, 0.3) is 10.9 Å². The minimum atomic E-state index is 0.210. The molecule has 35 heavy (non-hydrogen) atoms. The molecule has 0 spiro atoms. The van der Waals surface area contributed by atoms with E-state index in [-0.39, 0.29) is 12.6 Å². The Morgan fingerprint density at radius 1 is 1.06 bits per heavy atom. The average Bonchev–Trinajstić information content (AvgIpc) is 3.51. The van der Waals surface area contributed by atoms with Crippen molar-refractivity contribution in [3.8, 4) is 5.75 Å². The molecule has 3 heterocycles. The summed E-state index contributed by atoms with van der Waals surface area (Å²) in [5.74, 6) is 1.73. The van der Waals surface area contributed by atoms with Gasteiger partial charge in [-0.3, -0.25) is 4.90 Å². The van der Waals surface area contributed by atoms with Gasteiger partial charge in [-0.2, -0.15) is 0 Å². The number of likely N-dealkylation sites (tertiary alicyclic amines) is 1. The van der Waals surface area contributed by atoms with E-state index >= 15 is 0 Å². The number of aliphatic hydroxyl groups excluding tert-OH is 1. The van der Waals surface area contributed by atoms with Gasteiger partial charge in [-0.15, -0.1) is 0 Å². The predicted molar refractivity (Wildman–Crippen MR) is 138 cm³/mol. The van der Waals surface area contributed by atoms with Crippen LogP contribution in [-0.4, -0.2) is 38.9 Å². The molecular weight excluding hydrogens is 438 g/mol. The number of aryl methyl sites for hydroxylation is 4. The van der Waals surface area contributed by atoms with Crippen molar-refractivity contribution in [2.24, 2.45) is 0 Å². The number of aromatic nitrogens is 2. The Morgan fingerprint density at radius 2 is 1.86 bits per heavy atom. The molecular formula is C29H35N3O3. The Balaban J connectivity index is 1.47. The average molecular weight is 474 g/mol.